The zero-order valence-electron chi connectivity index (χ0n) is 8.83. The molecular weight excluding hydrogens is 148 g/mol. The molecule has 1 heterocycles. The van der Waals surface area contributed by atoms with Gasteiger partial charge in [-0.05, 0) is 26.7 Å². The first-order valence-electron chi connectivity index (χ1n) is 5.04. The first-order chi connectivity index (χ1) is 5.54. The smallest absolute Gasteiger partial charge is 0.0280 e. The highest BCUT2D eigenvalue weighted by Crippen LogP contribution is 2.20. The fourth-order valence-electron chi connectivity index (χ4n) is 1.86. The Balaban J connectivity index is 2.62. The van der Waals surface area contributed by atoms with Crippen LogP contribution in [-0.2, 0) is 0 Å². The molecule has 2 heteroatoms. The van der Waals surface area contributed by atoms with Gasteiger partial charge in [-0.25, -0.2) is 0 Å². The summed E-state index contributed by atoms with van der Waals surface area (Å²) < 4.78 is 0. The fraction of sp³-hybridized carbons (Fsp3) is 1.00. The van der Waals surface area contributed by atoms with E-state index in [9.17, 15) is 0 Å². The first-order valence-corrected chi connectivity index (χ1v) is 5.04. The van der Waals surface area contributed by atoms with E-state index in [0.29, 0.717) is 11.1 Å². The quantitative estimate of drug-likeness (QED) is 0.656. The van der Waals surface area contributed by atoms with Crippen molar-refractivity contribution in [3.8, 4) is 0 Å². The molecule has 0 aromatic rings. The topological polar surface area (TPSA) is 24.1 Å². The second kappa shape index (κ2) is 3.35. The van der Waals surface area contributed by atoms with Crippen molar-refractivity contribution in [2.24, 2.45) is 0 Å². The van der Waals surface area contributed by atoms with Gasteiger partial charge < -0.3 is 10.6 Å². The van der Waals surface area contributed by atoms with E-state index in [4.69, 9.17) is 0 Å². The van der Waals surface area contributed by atoms with Gasteiger partial charge in [0, 0.05) is 24.2 Å². The highest BCUT2D eigenvalue weighted by Gasteiger charge is 2.35. The van der Waals surface area contributed by atoms with E-state index >= 15 is 0 Å². The molecule has 0 amide bonds. The Morgan fingerprint density at radius 2 is 1.42 bits per heavy atom. The zero-order chi connectivity index (χ0) is 9.24. The fourth-order valence-corrected chi connectivity index (χ4v) is 1.86. The summed E-state index contributed by atoms with van der Waals surface area (Å²) in [5.41, 5.74) is 0.589. The minimum atomic E-state index is 0.295. The maximum absolute atomic E-state index is 3.74. The maximum atomic E-state index is 3.74. The normalized spacial score (nSPS) is 43.0. The summed E-state index contributed by atoms with van der Waals surface area (Å²) in [6, 6.07) is 0. The Bertz CT molecular complexity index is 142. The average Bonchev–Trinajstić information content (AvgIpc) is 2.05. The summed E-state index contributed by atoms with van der Waals surface area (Å²) in [5, 5.41) is 7.25. The van der Waals surface area contributed by atoms with E-state index < -0.39 is 0 Å². The van der Waals surface area contributed by atoms with Crippen molar-refractivity contribution in [2.75, 3.05) is 13.1 Å². The van der Waals surface area contributed by atoms with E-state index in [1.165, 1.54) is 12.8 Å². The van der Waals surface area contributed by atoms with Gasteiger partial charge in [0.2, 0.25) is 0 Å². The van der Waals surface area contributed by atoms with Crippen LogP contribution in [0.2, 0.25) is 0 Å². The minimum absolute atomic E-state index is 0.295. The monoisotopic (exact) mass is 170 g/mol. The van der Waals surface area contributed by atoms with Gasteiger partial charge in [0.15, 0.2) is 0 Å². The van der Waals surface area contributed by atoms with Crippen LogP contribution in [0.1, 0.15) is 40.5 Å². The Morgan fingerprint density at radius 3 is 1.75 bits per heavy atom. The van der Waals surface area contributed by atoms with Crippen LogP contribution in [0.4, 0.5) is 0 Å². The lowest BCUT2D eigenvalue weighted by Gasteiger charge is -2.46. The van der Waals surface area contributed by atoms with Crippen LogP contribution in [0.15, 0.2) is 0 Å². The predicted molar refractivity (Wildman–Crippen MR) is 53.4 cm³/mol. The highest BCUT2D eigenvalue weighted by molar-refractivity contribution is 4.99. The van der Waals surface area contributed by atoms with Crippen LogP contribution >= 0.6 is 0 Å². The van der Waals surface area contributed by atoms with Gasteiger partial charge in [-0.1, -0.05) is 13.8 Å². The molecule has 0 aromatic carbocycles. The number of nitrogens with one attached hydrogen (secondary N) is 2. The van der Waals surface area contributed by atoms with E-state index in [0.717, 1.165) is 13.1 Å². The second-order valence-corrected chi connectivity index (χ2v) is 4.56. The third-order valence-electron chi connectivity index (χ3n) is 3.19. The molecule has 2 nitrogen and oxygen atoms in total. The lowest BCUT2D eigenvalue weighted by atomic mass is 9.87. The summed E-state index contributed by atoms with van der Waals surface area (Å²) in [4.78, 5) is 0. The lowest BCUT2D eigenvalue weighted by Crippen LogP contribution is -2.67. The molecule has 1 rings (SSSR count). The lowest BCUT2D eigenvalue weighted by molar-refractivity contribution is 0.163. The van der Waals surface area contributed by atoms with Crippen molar-refractivity contribution in [3.63, 3.8) is 0 Å². The second-order valence-electron chi connectivity index (χ2n) is 4.56. The minimum Gasteiger partial charge on any atom is -0.313 e. The van der Waals surface area contributed by atoms with Crippen molar-refractivity contribution in [2.45, 2.75) is 51.6 Å². The van der Waals surface area contributed by atoms with Crippen LogP contribution < -0.4 is 10.6 Å². The molecule has 1 saturated heterocycles. The van der Waals surface area contributed by atoms with Crippen molar-refractivity contribution < 1.29 is 0 Å². The van der Waals surface area contributed by atoms with Gasteiger partial charge in [-0.2, -0.15) is 0 Å². The molecule has 0 aromatic heterocycles. The van der Waals surface area contributed by atoms with Crippen LogP contribution in [0.3, 0.4) is 0 Å². The molecular formula is C10H22N2. The maximum Gasteiger partial charge on any atom is 0.0280 e. The molecule has 0 spiro atoms. The molecule has 12 heavy (non-hydrogen) atoms. The van der Waals surface area contributed by atoms with Gasteiger partial charge in [-0.15, -0.1) is 0 Å². The summed E-state index contributed by atoms with van der Waals surface area (Å²) in [6.45, 7) is 11.3. The van der Waals surface area contributed by atoms with E-state index in [1.54, 1.807) is 0 Å². The molecule has 72 valence electrons. The van der Waals surface area contributed by atoms with Crippen molar-refractivity contribution in [1.82, 2.24) is 10.6 Å². The number of hydrogen-bond acceptors (Lipinski definition) is 2. The number of rotatable bonds is 2. The summed E-state index contributed by atoms with van der Waals surface area (Å²) in [5.74, 6) is 0. The van der Waals surface area contributed by atoms with Crippen LogP contribution in [0.25, 0.3) is 0 Å². The number of piperazine rings is 1. The van der Waals surface area contributed by atoms with Crippen molar-refractivity contribution in [1.29, 1.82) is 0 Å². The van der Waals surface area contributed by atoms with E-state index in [-0.39, 0.29) is 0 Å². The van der Waals surface area contributed by atoms with Crippen LogP contribution in [0, 0.1) is 0 Å². The Morgan fingerprint density at radius 1 is 1.00 bits per heavy atom. The highest BCUT2D eigenvalue weighted by atomic mass is 15.2. The molecule has 1 aliphatic heterocycles. The third-order valence-corrected chi connectivity index (χ3v) is 3.19. The summed E-state index contributed by atoms with van der Waals surface area (Å²) in [7, 11) is 0. The van der Waals surface area contributed by atoms with Crippen LogP contribution in [-0.4, -0.2) is 24.2 Å². The Kier molecular flexibility index (Phi) is 2.79. The summed E-state index contributed by atoms with van der Waals surface area (Å²) >= 11 is 0. The molecule has 1 aliphatic rings. The molecule has 0 unspecified atom stereocenters. The molecule has 2 atom stereocenters. The van der Waals surface area contributed by atoms with E-state index in [1.807, 2.05) is 0 Å². The van der Waals surface area contributed by atoms with Gasteiger partial charge >= 0.3 is 0 Å². The number of hydrogen-bond donors (Lipinski definition) is 2. The molecule has 0 bridgehead atoms. The molecule has 0 saturated carbocycles. The first kappa shape index (κ1) is 10.0. The standard InChI is InChI=1S/C10H22N2/c1-5-9(3)7-11-8-10(4,6-2)12-9/h11-12H,5-8H2,1-4H3/t9-,10+. The van der Waals surface area contributed by atoms with Crippen LogP contribution in [0.5, 0.6) is 0 Å². The van der Waals surface area contributed by atoms with Crippen molar-refractivity contribution >= 4 is 0 Å². The Hall–Kier alpha value is -0.0800. The van der Waals surface area contributed by atoms with Gasteiger partial charge in [-0.3, -0.25) is 0 Å². The summed E-state index contributed by atoms with van der Waals surface area (Å²) in [6.07, 6.45) is 2.38. The molecule has 0 aliphatic carbocycles. The predicted octanol–water partition coefficient (Wildman–Crippen LogP) is 1.52. The Labute approximate surface area is 76.1 Å². The van der Waals surface area contributed by atoms with Gasteiger partial charge in [0.1, 0.15) is 0 Å². The molecule has 1 fully saturated rings. The SMILES string of the molecule is CC[C@@]1(C)CNC[C@@](C)(CC)N1. The average molecular weight is 170 g/mol. The van der Waals surface area contributed by atoms with E-state index in [2.05, 4.69) is 38.3 Å². The zero-order valence-corrected chi connectivity index (χ0v) is 8.83. The van der Waals surface area contributed by atoms with Gasteiger partial charge in [0.25, 0.3) is 0 Å². The molecule has 2 N–H and O–H groups in total. The largest absolute Gasteiger partial charge is 0.313 e. The van der Waals surface area contributed by atoms with Crippen molar-refractivity contribution in [3.05, 3.63) is 0 Å². The molecule has 0 radical (unpaired) electrons. The third kappa shape index (κ3) is 1.99. The van der Waals surface area contributed by atoms with Gasteiger partial charge in [0.05, 0.1) is 0 Å².